The van der Waals surface area contributed by atoms with E-state index in [9.17, 15) is 9.59 Å². The molecule has 0 radical (unpaired) electrons. The SMILES string of the molecule is COc1ccc(-n2nc(-c3ccc(Cl)cc3)c3c2N(CC(=O)NCc2ccco2)C(=O)CSC3c2ccccc2OC)cc1. The van der Waals surface area contributed by atoms with Gasteiger partial charge in [0.05, 0.1) is 49.4 Å². The van der Waals surface area contributed by atoms with E-state index >= 15 is 0 Å². The molecule has 1 atom stereocenters. The predicted molar refractivity (Wildman–Crippen MR) is 171 cm³/mol. The van der Waals surface area contributed by atoms with E-state index in [4.69, 9.17) is 30.6 Å². The summed E-state index contributed by atoms with van der Waals surface area (Å²) in [5, 5.41) is 8.22. The van der Waals surface area contributed by atoms with Crippen molar-refractivity contribution in [3.8, 4) is 28.4 Å². The zero-order valence-electron chi connectivity index (χ0n) is 24.0. The van der Waals surface area contributed by atoms with Gasteiger partial charge in [-0.2, -0.15) is 5.10 Å². The number of nitrogens with one attached hydrogen (secondary N) is 1. The minimum absolute atomic E-state index is 0.130. The molecule has 2 amide bonds. The first kappa shape index (κ1) is 29.4. The quantitative estimate of drug-likeness (QED) is 0.205. The lowest BCUT2D eigenvalue weighted by molar-refractivity contribution is -0.123. The van der Waals surface area contributed by atoms with Crippen LogP contribution in [0.3, 0.4) is 0 Å². The number of aromatic nitrogens is 2. The van der Waals surface area contributed by atoms with Crippen LogP contribution in [-0.4, -0.2) is 48.1 Å². The number of carbonyl (C=O) groups excluding carboxylic acids is 2. The lowest BCUT2D eigenvalue weighted by Crippen LogP contribution is -2.42. The Balaban J connectivity index is 1.56. The van der Waals surface area contributed by atoms with Gasteiger partial charge in [0.25, 0.3) is 0 Å². The second kappa shape index (κ2) is 12.9. The van der Waals surface area contributed by atoms with E-state index in [2.05, 4.69) is 5.32 Å². The summed E-state index contributed by atoms with van der Waals surface area (Å²) >= 11 is 7.74. The fraction of sp³-hybridized carbons (Fsp3) is 0.182. The number of fused-ring (bicyclic) bond motifs is 1. The van der Waals surface area contributed by atoms with E-state index in [-0.39, 0.29) is 35.9 Å². The number of furan rings is 1. The molecule has 1 aliphatic rings. The van der Waals surface area contributed by atoms with Gasteiger partial charge in [-0.25, -0.2) is 4.68 Å². The van der Waals surface area contributed by atoms with Gasteiger partial charge in [-0.05, 0) is 54.6 Å². The van der Waals surface area contributed by atoms with Crippen LogP contribution in [0, 0.1) is 0 Å². The number of para-hydroxylation sites is 1. The number of nitrogens with zero attached hydrogens (tertiary/aromatic N) is 3. The van der Waals surface area contributed by atoms with Gasteiger partial charge in [0.1, 0.15) is 29.6 Å². The van der Waals surface area contributed by atoms with Crippen LogP contribution in [0.15, 0.2) is 95.6 Å². The molecular formula is C33H29ClN4O5S. The average molecular weight is 629 g/mol. The summed E-state index contributed by atoms with van der Waals surface area (Å²) < 4.78 is 18.3. The highest BCUT2D eigenvalue weighted by molar-refractivity contribution is 8.00. The number of benzene rings is 3. The maximum absolute atomic E-state index is 13.9. The molecule has 0 spiro atoms. The molecule has 44 heavy (non-hydrogen) atoms. The first-order valence-corrected chi connectivity index (χ1v) is 15.3. The molecule has 11 heteroatoms. The molecule has 2 aromatic heterocycles. The molecule has 1 unspecified atom stereocenters. The highest BCUT2D eigenvalue weighted by Crippen LogP contribution is 2.50. The number of hydrogen-bond donors (Lipinski definition) is 1. The summed E-state index contributed by atoms with van der Waals surface area (Å²) in [6, 6.07) is 26.1. The zero-order chi connectivity index (χ0) is 30.6. The molecule has 1 N–H and O–H groups in total. The van der Waals surface area contributed by atoms with E-state index in [1.54, 1.807) is 37.3 Å². The van der Waals surface area contributed by atoms with Gasteiger partial charge in [-0.1, -0.05) is 41.9 Å². The van der Waals surface area contributed by atoms with Gasteiger partial charge in [-0.15, -0.1) is 11.8 Å². The lowest BCUT2D eigenvalue weighted by Gasteiger charge is -2.23. The normalized spacial score (nSPS) is 14.6. The molecule has 1 aliphatic heterocycles. The van der Waals surface area contributed by atoms with Crippen LogP contribution in [0.5, 0.6) is 11.5 Å². The molecule has 5 aromatic rings. The van der Waals surface area contributed by atoms with E-state index in [1.165, 1.54) is 16.7 Å². The maximum Gasteiger partial charge on any atom is 0.240 e. The highest BCUT2D eigenvalue weighted by atomic mass is 35.5. The molecule has 9 nitrogen and oxygen atoms in total. The van der Waals surface area contributed by atoms with Crippen molar-refractivity contribution >= 4 is 41.0 Å². The van der Waals surface area contributed by atoms with Crippen molar-refractivity contribution in [3.05, 3.63) is 113 Å². The number of halogens is 1. The van der Waals surface area contributed by atoms with Crippen molar-refractivity contribution in [2.45, 2.75) is 11.8 Å². The molecule has 224 valence electrons. The van der Waals surface area contributed by atoms with Crippen LogP contribution >= 0.6 is 23.4 Å². The van der Waals surface area contributed by atoms with Gasteiger partial charge in [0.2, 0.25) is 11.8 Å². The summed E-state index contributed by atoms with van der Waals surface area (Å²) in [6.07, 6.45) is 1.55. The third-order valence-electron chi connectivity index (χ3n) is 7.29. The number of carbonyl (C=O) groups is 2. The Hall–Kier alpha value is -4.67. The van der Waals surface area contributed by atoms with Crippen LogP contribution in [0.4, 0.5) is 5.82 Å². The summed E-state index contributed by atoms with van der Waals surface area (Å²) in [6.45, 7) is -0.0132. The molecule has 6 rings (SSSR count). The summed E-state index contributed by atoms with van der Waals surface area (Å²) in [5.74, 6) is 2.05. The highest BCUT2D eigenvalue weighted by Gasteiger charge is 2.38. The number of rotatable bonds is 9. The van der Waals surface area contributed by atoms with Crippen molar-refractivity contribution in [2.75, 3.05) is 31.4 Å². The fourth-order valence-electron chi connectivity index (χ4n) is 5.17. The monoisotopic (exact) mass is 628 g/mol. The smallest absolute Gasteiger partial charge is 0.240 e. The first-order chi connectivity index (χ1) is 21.5. The minimum Gasteiger partial charge on any atom is -0.497 e. The van der Waals surface area contributed by atoms with Gasteiger partial charge in [-0.3, -0.25) is 14.5 Å². The topological polar surface area (TPSA) is 98.8 Å². The molecule has 3 aromatic carbocycles. The third kappa shape index (κ3) is 5.91. The van der Waals surface area contributed by atoms with Gasteiger partial charge in [0, 0.05) is 21.7 Å². The lowest BCUT2D eigenvalue weighted by atomic mass is 9.99. The van der Waals surface area contributed by atoms with E-state index < -0.39 is 0 Å². The number of ether oxygens (including phenoxy) is 2. The van der Waals surface area contributed by atoms with Crippen molar-refractivity contribution in [3.63, 3.8) is 0 Å². The van der Waals surface area contributed by atoms with Crippen molar-refractivity contribution in [1.29, 1.82) is 0 Å². The van der Waals surface area contributed by atoms with Crippen LogP contribution < -0.4 is 19.7 Å². The second-order valence-corrected chi connectivity index (χ2v) is 11.5. The molecule has 0 saturated carbocycles. The van der Waals surface area contributed by atoms with Gasteiger partial charge in [0.15, 0.2) is 0 Å². The number of amides is 2. The van der Waals surface area contributed by atoms with Crippen molar-refractivity contribution in [2.24, 2.45) is 0 Å². The average Bonchev–Trinajstić information content (AvgIpc) is 3.69. The number of hydrogen-bond acceptors (Lipinski definition) is 7. The molecule has 0 fully saturated rings. The Labute approximate surface area is 263 Å². The van der Waals surface area contributed by atoms with Crippen molar-refractivity contribution in [1.82, 2.24) is 15.1 Å². The summed E-state index contributed by atoms with van der Waals surface area (Å²) in [5.41, 5.74) is 3.84. The Morgan fingerprint density at radius 2 is 1.80 bits per heavy atom. The molecule has 3 heterocycles. The van der Waals surface area contributed by atoms with E-state index in [0.29, 0.717) is 39.5 Å². The van der Waals surface area contributed by atoms with E-state index in [0.717, 1.165) is 16.7 Å². The van der Waals surface area contributed by atoms with Crippen LogP contribution in [0.25, 0.3) is 16.9 Å². The van der Waals surface area contributed by atoms with Crippen molar-refractivity contribution < 1.29 is 23.5 Å². The number of thioether (sulfide) groups is 1. The number of anilines is 1. The van der Waals surface area contributed by atoms with E-state index in [1.807, 2.05) is 72.8 Å². The molecular weight excluding hydrogens is 600 g/mol. The van der Waals surface area contributed by atoms with Gasteiger partial charge < -0.3 is 19.2 Å². The third-order valence-corrected chi connectivity index (χ3v) is 8.78. The maximum atomic E-state index is 13.9. The first-order valence-electron chi connectivity index (χ1n) is 13.8. The summed E-state index contributed by atoms with van der Waals surface area (Å²) in [4.78, 5) is 28.8. The van der Waals surface area contributed by atoms with Crippen LogP contribution in [0.1, 0.15) is 22.1 Å². The Morgan fingerprint density at radius 3 is 2.50 bits per heavy atom. The largest absolute Gasteiger partial charge is 0.497 e. The molecule has 0 bridgehead atoms. The van der Waals surface area contributed by atoms with Gasteiger partial charge >= 0.3 is 0 Å². The second-order valence-electron chi connectivity index (χ2n) is 9.97. The predicted octanol–water partition coefficient (Wildman–Crippen LogP) is 6.29. The zero-order valence-corrected chi connectivity index (χ0v) is 25.6. The Bertz CT molecular complexity index is 1770. The van der Waals surface area contributed by atoms with Crippen LogP contribution in [-0.2, 0) is 16.1 Å². The molecule has 0 saturated heterocycles. The standard InChI is InChI=1S/C33H29ClN4O5S/c1-41-24-15-13-23(14-16-24)38-33-30(31(36-38)21-9-11-22(34)12-10-21)32(26-7-3-4-8-27(26)42-2)44-20-29(40)37(33)19-28(39)35-18-25-6-5-17-43-25/h3-17,32H,18-20H2,1-2H3,(H,35,39). The summed E-state index contributed by atoms with van der Waals surface area (Å²) in [7, 11) is 3.23. The Kier molecular flexibility index (Phi) is 8.63. The minimum atomic E-state index is -0.348. The molecule has 0 aliphatic carbocycles. The van der Waals surface area contributed by atoms with Crippen LogP contribution in [0.2, 0.25) is 5.02 Å². The number of methoxy groups -OCH3 is 2. The Morgan fingerprint density at radius 1 is 1.02 bits per heavy atom. The fourth-order valence-corrected chi connectivity index (χ4v) is 6.52.